The second-order valence-corrected chi connectivity index (χ2v) is 6.51. The van der Waals surface area contributed by atoms with Crippen LogP contribution in [0.2, 0.25) is 0 Å². The number of hydrogen-bond acceptors (Lipinski definition) is 3. The van der Waals surface area contributed by atoms with Crippen molar-refractivity contribution >= 4 is 5.91 Å². The normalized spacial score (nSPS) is 11.9. The SMILES string of the molecule is CC(C)C(O)(C#Cc1cccc(OCCNC(=O)C(F)(F)F)c1)C(C)C. The third-order valence-corrected chi connectivity index (χ3v) is 3.92. The largest absolute Gasteiger partial charge is 0.492 e. The van der Waals surface area contributed by atoms with E-state index in [0.29, 0.717) is 11.3 Å². The van der Waals surface area contributed by atoms with Crippen molar-refractivity contribution < 1.29 is 27.8 Å². The van der Waals surface area contributed by atoms with Crippen LogP contribution < -0.4 is 10.1 Å². The minimum absolute atomic E-state index is 0.0494. The lowest BCUT2D eigenvalue weighted by Crippen LogP contribution is -2.39. The summed E-state index contributed by atoms with van der Waals surface area (Å²) in [5, 5.41) is 12.4. The number of halogens is 3. The Balaban J connectivity index is 2.70. The fourth-order valence-electron chi connectivity index (χ4n) is 2.22. The summed E-state index contributed by atoms with van der Waals surface area (Å²) in [7, 11) is 0. The zero-order valence-corrected chi connectivity index (χ0v) is 15.3. The summed E-state index contributed by atoms with van der Waals surface area (Å²) in [4.78, 5) is 10.7. The van der Waals surface area contributed by atoms with E-state index in [2.05, 4.69) is 11.8 Å². The molecule has 0 aromatic heterocycles. The summed E-state index contributed by atoms with van der Waals surface area (Å²) in [5.41, 5.74) is -0.514. The van der Waals surface area contributed by atoms with Crippen molar-refractivity contribution in [2.75, 3.05) is 13.2 Å². The van der Waals surface area contributed by atoms with E-state index in [-0.39, 0.29) is 25.0 Å². The van der Waals surface area contributed by atoms with Gasteiger partial charge in [0.05, 0.1) is 6.54 Å². The van der Waals surface area contributed by atoms with Gasteiger partial charge < -0.3 is 15.2 Å². The summed E-state index contributed by atoms with van der Waals surface area (Å²) in [6, 6.07) is 6.69. The maximum Gasteiger partial charge on any atom is 0.471 e. The summed E-state index contributed by atoms with van der Waals surface area (Å²) in [5.74, 6) is 4.14. The Bertz CT molecular complexity index is 665. The van der Waals surface area contributed by atoms with Crippen LogP contribution in [0.4, 0.5) is 13.2 Å². The first kappa shape index (κ1) is 21.8. The van der Waals surface area contributed by atoms with Crippen LogP contribution in [0.1, 0.15) is 33.3 Å². The Labute approximate surface area is 151 Å². The van der Waals surface area contributed by atoms with Crippen molar-refractivity contribution in [2.24, 2.45) is 11.8 Å². The van der Waals surface area contributed by atoms with Gasteiger partial charge >= 0.3 is 12.1 Å². The molecule has 1 rings (SSSR count). The molecule has 7 heteroatoms. The third-order valence-electron chi connectivity index (χ3n) is 3.92. The summed E-state index contributed by atoms with van der Waals surface area (Å²) in [6.07, 6.45) is -4.90. The second kappa shape index (κ2) is 8.95. The van der Waals surface area contributed by atoms with Gasteiger partial charge in [-0.05, 0) is 30.0 Å². The van der Waals surface area contributed by atoms with E-state index in [1.54, 1.807) is 29.6 Å². The Morgan fingerprint density at radius 1 is 1.23 bits per heavy atom. The lowest BCUT2D eigenvalue weighted by atomic mass is 9.81. The van der Waals surface area contributed by atoms with E-state index < -0.39 is 17.7 Å². The number of amides is 1. The van der Waals surface area contributed by atoms with Gasteiger partial charge in [-0.25, -0.2) is 0 Å². The molecule has 0 bridgehead atoms. The van der Waals surface area contributed by atoms with Crippen LogP contribution in [0.25, 0.3) is 0 Å². The van der Waals surface area contributed by atoms with Crippen LogP contribution in [-0.2, 0) is 4.79 Å². The van der Waals surface area contributed by atoms with Crippen molar-refractivity contribution in [3.8, 4) is 17.6 Å². The Morgan fingerprint density at radius 3 is 2.38 bits per heavy atom. The number of alkyl halides is 3. The first-order valence-corrected chi connectivity index (χ1v) is 8.30. The molecule has 0 aliphatic heterocycles. The second-order valence-electron chi connectivity index (χ2n) is 6.51. The molecule has 0 saturated heterocycles. The maximum atomic E-state index is 12.1. The number of aliphatic hydroxyl groups is 1. The summed E-state index contributed by atoms with van der Waals surface area (Å²) < 4.78 is 41.5. The smallest absolute Gasteiger partial charge is 0.471 e. The number of carbonyl (C=O) groups excluding carboxylic acids is 1. The van der Waals surface area contributed by atoms with Crippen LogP contribution in [0.5, 0.6) is 5.75 Å². The monoisotopic (exact) mass is 371 g/mol. The molecule has 26 heavy (non-hydrogen) atoms. The molecule has 0 heterocycles. The first-order valence-electron chi connectivity index (χ1n) is 8.30. The molecule has 0 spiro atoms. The Hall–Kier alpha value is -2.20. The summed E-state index contributed by atoms with van der Waals surface area (Å²) >= 11 is 0. The number of hydrogen-bond donors (Lipinski definition) is 2. The molecular formula is C19H24F3NO3. The average Bonchev–Trinajstić information content (AvgIpc) is 2.55. The molecule has 0 radical (unpaired) electrons. The van der Waals surface area contributed by atoms with E-state index in [1.165, 1.54) is 0 Å². The lowest BCUT2D eigenvalue weighted by molar-refractivity contribution is -0.173. The standard InChI is InChI=1S/C19H24F3NO3/c1-13(2)18(25,14(3)4)9-8-15-6-5-7-16(12-15)26-11-10-23-17(24)19(20,21)22/h5-7,12-14,25H,10-11H2,1-4H3,(H,23,24). The topological polar surface area (TPSA) is 58.6 Å². The van der Waals surface area contributed by atoms with Gasteiger partial charge in [-0.3, -0.25) is 4.79 Å². The van der Waals surface area contributed by atoms with E-state index >= 15 is 0 Å². The van der Waals surface area contributed by atoms with Gasteiger partial charge in [-0.2, -0.15) is 13.2 Å². The number of nitrogens with one attached hydrogen (secondary N) is 1. The van der Waals surface area contributed by atoms with E-state index in [0.717, 1.165) is 0 Å². The van der Waals surface area contributed by atoms with Gasteiger partial charge in [-0.15, -0.1) is 0 Å². The lowest BCUT2D eigenvalue weighted by Gasteiger charge is -2.30. The summed E-state index contributed by atoms with van der Waals surface area (Å²) in [6.45, 7) is 7.19. The molecule has 0 atom stereocenters. The highest BCUT2D eigenvalue weighted by molar-refractivity contribution is 5.81. The molecule has 4 nitrogen and oxygen atoms in total. The van der Waals surface area contributed by atoms with Crippen LogP contribution in [0.15, 0.2) is 24.3 Å². The molecule has 1 aromatic carbocycles. The van der Waals surface area contributed by atoms with Crippen molar-refractivity contribution in [3.05, 3.63) is 29.8 Å². The first-order chi connectivity index (χ1) is 12.0. The molecule has 0 saturated carbocycles. The number of rotatable bonds is 6. The average molecular weight is 371 g/mol. The Kier molecular flexibility index (Phi) is 7.52. The van der Waals surface area contributed by atoms with Gasteiger partial charge in [0, 0.05) is 5.56 Å². The number of ether oxygens (including phenoxy) is 1. The van der Waals surface area contributed by atoms with E-state index in [9.17, 15) is 23.1 Å². The predicted molar refractivity (Wildman–Crippen MR) is 92.5 cm³/mol. The highest BCUT2D eigenvalue weighted by atomic mass is 19.4. The predicted octanol–water partition coefficient (Wildman–Crippen LogP) is 3.14. The van der Waals surface area contributed by atoms with Crippen LogP contribution in [0, 0.1) is 23.7 Å². The number of carbonyl (C=O) groups is 1. The highest BCUT2D eigenvalue weighted by Crippen LogP contribution is 2.25. The molecule has 0 aliphatic rings. The van der Waals surface area contributed by atoms with Crippen molar-refractivity contribution in [2.45, 2.75) is 39.5 Å². The molecular weight excluding hydrogens is 347 g/mol. The van der Waals surface area contributed by atoms with Gasteiger partial charge in [0.2, 0.25) is 0 Å². The number of benzene rings is 1. The quantitative estimate of drug-likeness (QED) is 0.597. The minimum Gasteiger partial charge on any atom is -0.492 e. The fourth-order valence-corrected chi connectivity index (χ4v) is 2.22. The van der Waals surface area contributed by atoms with E-state index in [4.69, 9.17) is 4.74 Å². The zero-order chi connectivity index (χ0) is 20.0. The molecule has 1 aromatic rings. The van der Waals surface area contributed by atoms with E-state index in [1.807, 2.05) is 27.7 Å². The maximum absolute atomic E-state index is 12.1. The molecule has 1 amide bonds. The molecule has 144 valence electrons. The van der Waals surface area contributed by atoms with Crippen molar-refractivity contribution in [1.82, 2.24) is 5.32 Å². The Morgan fingerprint density at radius 2 is 1.85 bits per heavy atom. The van der Waals surface area contributed by atoms with Crippen molar-refractivity contribution in [3.63, 3.8) is 0 Å². The van der Waals surface area contributed by atoms with Crippen LogP contribution >= 0.6 is 0 Å². The highest BCUT2D eigenvalue weighted by Gasteiger charge is 2.38. The minimum atomic E-state index is -4.90. The zero-order valence-electron chi connectivity index (χ0n) is 15.3. The van der Waals surface area contributed by atoms with Gasteiger partial charge in [0.1, 0.15) is 18.0 Å². The molecule has 0 fully saturated rings. The molecule has 2 N–H and O–H groups in total. The third kappa shape index (κ3) is 6.26. The fraction of sp³-hybridized carbons (Fsp3) is 0.526. The van der Waals surface area contributed by atoms with Crippen LogP contribution in [0.3, 0.4) is 0 Å². The van der Waals surface area contributed by atoms with Crippen LogP contribution in [-0.4, -0.2) is 35.9 Å². The van der Waals surface area contributed by atoms with Gasteiger partial charge in [0.15, 0.2) is 0 Å². The van der Waals surface area contributed by atoms with Gasteiger partial charge in [-0.1, -0.05) is 45.6 Å². The van der Waals surface area contributed by atoms with Gasteiger partial charge in [0.25, 0.3) is 0 Å². The molecule has 0 unspecified atom stereocenters. The van der Waals surface area contributed by atoms with Crippen molar-refractivity contribution in [1.29, 1.82) is 0 Å². The molecule has 0 aliphatic carbocycles.